The highest BCUT2D eigenvalue weighted by molar-refractivity contribution is 5.73. The van der Waals surface area contributed by atoms with E-state index in [4.69, 9.17) is 14.2 Å². The van der Waals surface area contributed by atoms with Crippen molar-refractivity contribution < 1.29 is 23.8 Å². The lowest BCUT2D eigenvalue weighted by Crippen LogP contribution is -2.32. The van der Waals surface area contributed by atoms with Crippen LogP contribution in [0.1, 0.15) is 85.6 Å². The number of amides is 1. The summed E-state index contributed by atoms with van der Waals surface area (Å²) >= 11 is 0. The lowest BCUT2D eigenvalue weighted by molar-refractivity contribution is -0.153. The first-order valence-electron chi connectivity index (χ1n) is 11.3. The summed E-state index contributed by atoms with van der Waals surface area (Å²) in [4.78, 5) is 23.5. The zero-order chi connectivity index (χ0) is 23.3. The first-order valence-corrected chi connectivity index (χ1v) is 11.3. The van der Waals surface area contributed by atoms with Gasteiger partial charge in [0.1, 0.15) is 17.0 Å². The van der Waals surface area contributed by atoms with Crippen LogP contribution in [0.25, 0.3) is 0 Å². The van der Waals surface area contributed by atoms with E-state index in [0.717, 1.165) is 49.8 Å². The fourth-order valence-electron chi connectivity index (χ4n) is 2.92. The maximum atomic E-state index is 12.0. The minimum Gasteiger partial charge on any atom is -0.494 e. The first-order chi connectivity index (χ1) is 14.4. The van der Waals surface area contributed by atoms with Crippen molar-refractivity contribution in [2.24, 2.45) is 0 Å². The van der Waals surface area contributed by atoms with E-state index in [9.17, 15) is 9.59 Å². The van der Waals surface area contributed by atoms with Gasteiger partial charge in [-0.1, -0.05) is 37.8 Å². The Kier molecular flexibility index (Phi) is 11.4. The largest absolute Gasteiger partial charge is 0.494 e. The molecule has 1 N–H and O–H groups in total. The van der Waals surface area contributed by atoms with Gasteiger partial charge in [-0.3, -0.25) is 4.79 Å². The lowest BCUT2D eigenvalue weighted by Gasteiger charge is -2.19. The molecule has 0 bridgehead atoms. The van der Waals surface area contributed by atoms with Crippen molar-refractivity contribution in [1.29, 1.82) is 0 Å². The van der Waals surface area contributed by atoms with Gasteiger partial charge in [-0.15, -0.1) is 0 Å². The number of unbranched alkanes of at least 4 members (excludes halogenated alkanes) is 5. The molecule has 0 atom stereocenters. The monoisotopic (exact) mass is 435 g/mol. The zero-order valence-electron chi connectivity index (χ0n) is 20.2. The third kappa shape index (κ3) is 15.2. The Labute approximate surface area is 188 Å². The summed E-state index contributed by atoms with van der Waals surface area (Å²) < 4.78 is 16.4. The van der Waals surface area contributed by atoms with E-state index >= 15 is 0 Å². The van der Waals surface area contributed by atoms with E-state index in [1.54, 1.807) is 0 Å². The molecule has 0 radical (unpaired) electrons. The molecule has 0 aliphatic carbocycles. The van der Waals surface area contributed by atoms with Gasteiger partial charge in [-0.25, -0.2) is 4.79 Å². The van der Waals surface area contributed by atoms with Crippen molar-refractivity contribution in [1.82, 2.24) is 5.32 Å². The highest BCUT2D eigenvalue weighted by Crippen LogP contribution is 2.16. The molecule has 0 saturated carbocycles. The summed E-state index contributed by atoms with van der Waals surface area (Å²) in [6.45, 7) is 12.5. The number of carbonyl (C=O) groups excluding carboxylic acids is 2. The summed E-state index contributed by atoms with van der Waals surface area (Å²) in [5.41, 5.74) is -0.0301. The predicted octanol–water partition coefficient (Wildman–Crippen LogP) is 5.81. The minimum atomic E-state index is -0.472. The van der Waals surface area contributed by atoms with Crippen molar-refractivity contribution in [3.8, 4) is 5.75 Å². The molecule has 0 aromatic heterocycles. The zero-order valence-corrected chi connectivity index (χ0v) is 20.2. The van der Waals surface area contributed by atoms with Crippen molar-refractivity contribution in [3.63, 3.8) is 0 Å². The molecular formula is C25H41NO5. The molecule has 6 nitrogen and oxygen atoms in total. The normalized spacial score (nSPS) is 11.7. The number of hydrogen-bond acceptors (Lipinski definition) is 5. The third-order valence-electron chi connectivity index (χ3n) is 4.17. The maximum absolute atomic E-state index is 12.0. The minimum absolute atomic E-state index is 0.231. The molecule has 0 spiro atoms. The van der Waals surface area contributed by atoms with Gasteiger partial charge in [0.05, 0.1) is 13.0 Å². The van der Waals surface area contributed by atoms with E-state index in [1.165, 1.54) is 0 Å². The van der Waals surface area contributed by atoms with Gasteiger partial charge in [-0.05, 0) is 72.1 Å². The number of carbonyl (C=O) groups is 2. The molecule has 0 aliphatic heterocycles. The third-order valence-corrected chi connectivity index (χ3v) is 4.17. The highest BCUT2D eigenvalue weighted by Gasteiger charge is 2.17. The molecule has 0 fully saturated rings. The van der Waals surface area contributed by atoms with Crippen LogP contribution in [0.15, 0.2) is 24.3 Å². The summed E-state index contributed by atoms with van der Waals surface area (Å²) in [6, 6.07) is 7.63. The Morgan fingerprint density at radius 3 is 2.10 bits per heavy atom. The average Bonchev–Trinajstić information content (AvgIpc) is 2.60. The molecule has 1 aromatic rings. The topological polar surface area (TPSA) is 73.9 Å². The molecule has 1 rings (SSSR count). The molecule has 0 aliphatic rings. The first kappa shape index (κ1) is 26.8. The van der Waals surface area contributed by atoms with Crippen LogP contribution in [0, 0.1) is 0 Å². The second kappa shape index (κ2) is 13.2. The quantitative estimate of drug-likeness (QED) is 0.331. The van der Waals surface area contributed by atoms with E-state index < -0.39 is 11.2 Å². The van der Waals surface area contributed by atoms with Gasteiger partial charge in [0.15, 0.2) is 0 Å². The van der Waals surface area contributed by atoms with Crippen LogP contribution in [-0.2, 0) is 20.7 Å². The number of benzene rings is 1. The van der Waals surface area contributed by atoms with Crippen LogP contribution in [0.3, 0.4) is 0 Å². The van der Waals surface area contributed by atoms with E-state index in [1.807, 2.05) is 65.8 Å². The Bertz CT molecular complexity index is 673. The van der Waals surface area contributed by atoms with Crippen LogP contribution in [0.2, 0.25) is 0 Å². The number of esters is 1. The van der Waals surface area contributed by atoms with Crippen molar-refractivity contribution >= 4 is 12.1 Å². The standard InChI is InChI=1S/C25H41NO5/c1-24(2,3)30-22(27)19-20-14-13-15-21(18-20)29-17-12-10-8-7-9-11-16-26-23(28)31-25(4,5)6/h13-15,18H,7-12,16-17,19H2,1-6H3,(H,26,28). The fourth-order valence-corrected chi connectivity index (χ4v) is 2.92. The van der Waals surface area contributed by atoms with Crippen LogP contribution in [-0.4, -0.2) is 36.4 Å². The summed E-state index contributed by atoms with van der Waals surface area (Å²) in [7, 11) is 0. The number of ether oxygens (including phenoxy) is 3. The number of hydrogen-bond donors (Lipinski definition) is 1. The maximum Gasteiger partial charge on any atom is 0.407 e. The van der Waals surface area contributed by atoms with Crippen molar-refractivity contribution in [3.05, 3.63) is 29.8 Å². The number of nitrogens with one attached hydrogen (secondary N) is 1. The average molecular weight is 436 g/mol. The molecule has 0 heterocycles. The second-order valence-corrected chi connectivity index (χ2v) is 9.81. The Morgan fingerprint density at radius 1 is 0.839 bits per heavy atom. The Balaban J connectivity index is 2.09. The van der Waals surface area contributed by atoms with Gasteiger partial charge >= 0.3 is 12.1 Å². The van der Waals surface area contributed by atoms with E-state index in [2.05, 4.69) is 5.32 Å². The number of rotatable bonds is 12. The molecule has 176 valence electrons. The second-order valence-electron chi connectivity index (χ2n) is 9.81. The SMILES string of the molecule is CC(C)(C)OC(=O)Cc1cccc(OCCCCCCCCNC(=O)OC(C)(C)C)c1. The highest BCUT2D eigenvalue weighted by atomic mass is 16.6. The molecule has 31 heavy (non-hydrogen) atoms. The van der Waals surface area contributed by atoms with Gasteiger partial charge in [0.25, 0.3) is 0 Å². The summed E-state index contributed by atoms with van der Waals surface area (Å²) in [5, 5.41) is 2.79. The Morgan fingerprint density at radius 2 is 1.45 bits per heavy atom. The van der Waals surface area contributed by atoms with Crippen LogP contribution < -0.4 is 10.1 Å². The van der Waals surface area contributed by atoms with E-state index in [0.29, 0.717) is 13.2 Å². The molecule has 1 amide bonds. The molecule has 6 heteroatoms. The summed E-state index contributed by atoms with van der Waals surface area (Å²) in [6.07, 6.45) is 6.33. The van der Waals surface area contributed by atoms with Crippen LogP contribution in [0.5, 0.6) is 5.75 Å². The van der Waals surface area contributed by atoms with Crippen molar-refractivity contribution in [2.45, 2.75) is 97.7 Å². The number of alkyl carbamates (subject to hydrolysis) is 1. The molecule has 1 aromatic carbocycles. The fraction of sp³-hybridized carbons (Fsp3) is 0.680. The van der Waals surface area contributed by atoms with Crippen LogP contribution in [0.4, 0.5) is 4.79 Å². The van der Waals surface area contributed by atoms with Gasteiger partial charge < -0.3 is 19.5 Å². The Hall–Kier alpha value is -2.24. The molecule has 0 unspecified atom stereocenters. The van der Waals surface area contributed by atoms with Gasteiger partial charge in [0.2, 0.25) is 0 Å². The van der Waals surface area contributed by atoms with Crippen molar-refractivity contribution in [2.75, 3.05) is 13.2 Å². The summed E-state index contributed by atoms with van der Waals surface area (Å²) in [5.74, 6) is 0.556. The van der Waals surface area contributed by atoms with Gasteiger partial charge in [-0.2, -0.15) is 0 Å². The molecular weight excluding hydrogens is 394 g/mol. The predicted molar refractivity (Wildman–Crippen MR) is 123 cm³/mol. The lowest BCUT2D eigenvalue weighted by atomic mass is 10.1. The van der Waals surface area contributed by atoms with Gasteiger partial charge in [0, 0.05) is 6.54 Å². The van der Waals surface area contributed by atoms with Crippen LogP contribution >= 0.6 is 0 Å². The smallest absolute Gasteiger partial charge is 0.407 e. The van der Waals surface area contributed by atoms with E-state index in [-0.39, 0.29) is 18.5 Å². The molecule has 0 saturated heterocycles.